The third-order valence-electron chi connectivity index (χ3n) is 5.37. The van der Waals surface area contributed by atoms with Gasteiger partial charge in [-0.3, -0.25) is 0 Å². The highest BCUT2D eigenvalue weighted by Crippen LogP contribution is 2.53. The highest BCUT2D eigenvalue weighted by atomic mass is 16.6. The second kappa shape index (κ2) is 7.60. The van der Waals surface area contributed by atoms with E-state index in [1.807, 2.05) is 13.8 Å². The minimum absolute atomic E-state index is 0.0396. The Kier molecular flexibility index (Phi) is 5.88. The molecule has 2 rings (SSSR count). The van der Waals surface area contributed by atoms with E-state index in [2.05, 4.69) is 19.7 Å². The monoisotopic (exact) mass is 362 g/mol. The largest absolute Gasteiger partial charge is 0.458 e. The molecule has 1 aliphatic carbocycles. The van der Waals surface area contributed by atoms with E-state index >= 15 is 0 Å². The van der Waals surface area contributed by atoms with Crippen molar-refractivity contribution in [1.82, 2.24) is 0 Å². The van der Waals surface area contributed by atoms with E-state index in [-0.39, 0.29) is 17.1 Å². The summed E-state index contributed by atoms with van der Waals surface area (Å²) in [5.41, 5.74) is 0.582. The fraction of sp³-hybridized carbons (Fsp3) is 0.500. The van der Waals surface area contributed by atoms with E-state index in [1.165, 1.54) is 6.08 Å². The Labute approximate surface area is 153 Å². The standard InChI is InChI=1S/C20H26O6/c1-6-20(5)9-14(25-19(24)13(10-22)7-8-21)15-12(4)18(23)26-17(15)16(20)11(2)3/h6-7,14-17,21-22H,1-2,4,8-10H2,3,5H3/b13-7+/t14-,15+,16+,17-,20+/m1/s1. The number of aliphatic hydroxyl groups excluding tert-OH is 2. The fourth-order valence-corrected chi connectivity index (χ4v) is 4.09. The number of esters is 2. The van der Waals surface area contributed by atoms with Crippen LogP contribution in [0.2, 0.25) is 0 Å². The second-order valence-electron chi connectivity index (χ2n) is 7.17. The van der Waals surface area contributed by atoms with E-state index < -0.39 is 48.7 Å². The van der Waals surface area contributed by atoms with Gasteiger partial charge in [0.1, 0.15) is 12.2 Å². The zero-order chi connectivity index (χ0) is 19.6. The van der Waals surface area contributed by atoms with Crippen molar-refractivity contribution in [3.63, 3.8) is 0 Å². The van der Waals surface area contributed by atoms with Gasteiger partial charge in [0.2, 0.25) is 0 Å². The molecule has 6 heteroatoms. The van der Waals surface area contributed by atoms with Gasteiger partial charge < -0.3 is 19.7 Å². The maximum Gasteiger partial charge on any atom is 0.336 e. The van der Waals surface area contributed by atoms with E-state index in [4.69, 9.17) is 14.6 Å². The zero-order valence-electron chi connectivity index (χ0n) is 15.2. The van der Waals surface area contributed by atoms with Crippen LogP contribution in [-0.2, 0) is 19.1 Å². The van der Waals surface area contributed by atoms with Crippen LogP contribution in [0.3, 0.4) is 0 Å². The lowest BCUT2D eigenvalue weighted by Gasteiger charge is -2.48. The first kappa shape index (κ1) is 20.1. The molecule has 0 radical (unpaired) electrons. The van der Waals surface area contributed by atoms with Gasteiger partial charge in [-0.05, 0) is 24.8 Å². The van der Waals surface area contributed by atoms with E-state index in [0.717, 1.165) is 5.57 Å². The van der Waals surface area contributed by atoms with E-state index in [9.17, 15) is 14.7 Å². The number of hydrogen-bond acceptors (Lipinski definition) is 6. The van der Waals surface area contributed by atoms with Gasteiger partial charge in [0.25, 0.3) is 0 Å². The zero-order valence-corrected chi connectivity index (χ0v) is 15.2. The van der Waals surface area contributed by atoms with Crippen LogP contribution in [0.5, 0.6) is 0 Å². The highest BCUT2D eigenvalue weighted by Gasteiger charge is 2.58. The number of aliphatic hydroxyl groups is 2. The molecular formula is C20H26O6. The van der Waals surface area contributed by atoms with Crippen LogP contribution in [0, 0.1) is 17.3 Å². The van der Waals surface area contributed by atoms with Crippen LogP contribution in [0.25, 0.3) is 0 Å². The smallest absolute Gasteiger partial charge is 0.336 e. The Morgan fingerprint density at radius 3 is 2.62 bits per heavy atom. The summed E-state index contributed by atoms with van der Waals surface area (Å²) in [6.07, 6.45) is 2.17. The van der Waals surface area contributed by atoms with E-state index in [1.54, 1.807) is 6.08 Å². The van der Waals surface area contributed by atoms with Gasteiger partial charge >= 0.3 is 11.9 Å². The minimum Gasteiger partial charge on any atom is -0.458 e. The Morgan fingerprint density at radius 2 is 2.12 bits per heavy atom. The Hall–Kier alpha value is -2.18. The van der Waals surface area contributed by atoms with Gasteiger partial charge in [-0.2, -0.15) is 0 Å². The van der Waals surface area contributed by atoms with Crippen molar-refractivity contribution in [3.8, 4) is 0 Å². The summed E-state index contributed by atoms with van der Waals surface area (Å²) in [6.45, 7) is 14.7. The molecule has 0 spiro atoms. The van der Waals surface area contributed by atoms with Gasteiger partial charge in [-0.15, -0.1) is 6.58 Å². The molecule has 0 bridgehead atoms. The van der Waals surface area contributed by atoms with Crippen LogP contribution >= 0.6 is 0 Å². The summed E-state index contributed by atoms with van der Waals surface area (Å²) in [7, 11) is 0. The topological polar surface area (TPSA) is 93.1 Å². The SMILES string of the molecule is C=C[C@@]1(C)C[C@@H](OC(=O)/C(=C/CO)CO)[C@@H]2C(=C)C(=O)O[C@H]2[C@@H]1C(=C)C. The lowest BCUT2D eigenvalue weighted by Crippen LogP contribution is -2.51. The average molecular weight is 362 g/mol. The van der Waals surface area contributed by atoms with Crippen molar-refractivity contribution < 1.29 is 29.3 Å². The molecule has 0 amide bonds. The Morgan fingerprint density at radius 1 is 1.46 bits per heavy atom. The molecule has 1 saturated heterocycles. The average Bonchev–Trinajstić information content (AvgIpc) is 2.86. The van der Waals surface area contributed by atoms with Gasteiger partial charge in [-0.1, -0.05) is 31.7 Å². The number of fused-ring (bicyclic) bond motifs is 1. The summed E-state index contributed by atoms with van der Waals surface area (Å²) in [6, 6.07) is 0. The van der Waals surface area contributed by atoms with Gasteiger partial charge in [-0.25, -0.2) is 9.59 Å². The molecule has 0 aromatic rings. The van der Waals surface area contributed by atoms with Crippen molar-refractivity contribution in [2.24, 2.45) is 17.3 Å². The van der Waals surface area contributed by atoms with Crippen LogP contribution in [0.1, 0.15) is 20.3 Å². The van der Waals surface area contributed by atoms with Crippen LogP contribution in [0.15, 0.2) is 48.6 Å². The van der Waals surface area contributed by atoms with Crippen LogP contribution in [-0.4, -0.2) is 47.6 Å². The summed E-state index contributed by atoms with van der Waals surface area (Å²) in [5, 5.41) is 18.3. The van der Waals surface area contributed by atoms with Crippen LogP contribution < -0.4 is 0 Å². The third kappa shape index (κ3) is 3.39. The van der Waals surface area contributed by atoms with Crippen molar-refractivity contribution in [3.05, 3.63) is 48.6 Å². The lowest BCUT2D eigenvalue weighted by molar-refractivity contribution is -0.159. The molecule has 1 aliphatic heterocycles. The Balaban J connectivity index is 2.40. The first-order valence-electron chi connectivity index (χ1n) is 8.50. The minimum atomic E-state index is -0.738. The molecule has 2 aliphatic rings. The predicted molar refractivity (Wildman–Crippen MR) is 95.9 cm³/mol. The molecule has 5 atom stereocenters. The van der Waals surface area contributed by atoms with Crippen molar-refractivity contribution in [2.75, 3.05) is 13.2 Å². The lowest BCUT2D eigenvalue weighted by atomic mass is 9.59. The number of ether oxygens (including phenoxy) is 2. The number of rotatable bonds is 6. The van der Waals surface area contributed by atoms with Crippen molar-refractivity contribution in [1.29, 1.82) is 0 Å². The molecule has 26 heavy (non-hydrogen) atoms. The first-order chi connectivity index (χ1) is 12.2. The number of hydrogen-bond donors (Lipinski definition) is 2. The predicted octanol–water partition coefficient (Wildman–Crippen LogP) is 1.70. The maximum absolute atomic E-state index is 12.4. The van der Waals surface area contributed by atoms with Gasteiger partial charge in [0, 0.05) is 11.5 Å². The van der Waals surface area contributed by atoms with Crippen LogP contribution in [0.4, 0.5) is 0 Å². The summed E-state index contributed by atoms with van der Waals surface area (Å²) < 4.78 is 11.2. The molecule has 2 N–H and O–H groups in total. The Bertz CT molecular complexity index is 676. The number of carbonyl (C=O) groups excluding carboxylic acids is 2. The van der Waals surface area contributed by atoms with Crippen molar-refractivity contribution in [2.45, 2.75) is 32.5 Å². The van der Waals surface area contributed by atoms with Gasteiger partial charge in [0.05, 0.1) is 24.7 Å². The number of allylic oxidation sites excluding steroid dienone is 1. The normalized spacial score (nSPS) is 34.1. The summed E-state index contributed by atoms with van der Waals surface area (Å²) >= 11 is 0. The molecule has 0 unspecified atom stereocenters. The molecule has 0 aromatic carbocycles. The molecule has 2 fully saturated rings. The third-order valence-corrected chi connectivity index (χ3v) is 5.37. The molecular weight excluding hydrogens is 336 g/mol. The molecule has 142 valence electrons. The molecule has 6 nitrogen and oxygen atoms in total. The van der Waals surface area contributed by atoms with Gasteiger partial charge in [0.15, 0.2) is 0 Å². The highest BCUT2D eigenvalue weighted by molar-refractivity contribution is 5.92. The fourth-order valence-electron chi connectivity index (χ4n) is 4.09. The maximum atomic E-state index is 12.4. The number of carbonyl (C=O) groups is 2. The molecule has 0 aromatic heterocycles. The molecule has 1 saturated carbocycles. The summed E-state index contributed by atoms with van der Waals surface area (Å²) in [5.74, 6) is -1.91. The first-order valence-corrected chi connectivity index (χ1v) is 8.50. The quantitative estimate of drug-likeness (QED) is 0.424. The second-order valence-corrected chi connectivity index (χ2v) is 7.17. The summed E-state index contributed by atoms with van der Waals surface area (Å²) in [4.78, 5) is 24.5. The molecule has 1 heterocycles. The van der Waals surface area contributed by atoms with Crippen molar-refractivity contribution >= 4 is 11.9 Å². The van der Waals surface area contributed by atoms with E-state index in [0.29, 0.717) is 6.42 Å².